The number of aromatic nitrogens is 2. The summed E-state index contributed by atoms with van der Waals surface area (Å²) < 4.78 is 5.12. The molecule has 23 heavy (non-hydrogen) atoms. The average molecular weight is 326 g/mol. The van der Waals surface area contributed by atoms with Crippen LogP contribution in [0.2, 0.25) is 0 Å². The third-order valence-electron chi connectivity index (χ3n) is 2.99. The van der Waals surface area contributed by atoms with Crippen molar-refractivity contribution in [1.82, 2.24) is 10.2 Å². The van der Waals surface area contributed by atoms with E-state index in [2.05, 4.69) is 20.8 Å². The van der Waals surface area contributed by atoms with Crippen molar-refractivity contribution in [2.24, 2.45) is 0 Å². The molecule has 0 aliphatic carbocycles. The van der Waals surface area contributed by atoms with Crippen molar-refractivity contribution >= 4 is 28.2 Å². The molecule has 0 bridgehead atoms. The van der Waals surface area contributed by atoms with Crippen molar-refractivity contribution in [3.05, 3.63) is 54.6 Å². The lowest BCUT2D eigenvalue weighted by atomic mass is 10.2. The minimum atomic E-state index is -0.381. The summed E-state index contributed by atoms with van der Waals surface area (Å²) in [5.41, 5.74) is 1.60. The van der Waals surface area contributed by atoms with Crippen LogP contribution < -0.4 is 15.4 Å². The number of urea groups is 1. The number of amides is 2. The van der Waals surface area contributed by atoms with E-state index in [0.717, 1.165) is 10.6 Å². The van der Waals surface area contributed by atoms with Gasteiger partial charge in [-0.1, -0.05) is 47.7 Å². The average Bonchev–Trinajstić information content (AvgIpc) is 3.04. The van der Waals surface area contributed by atoms with Crippen molar-refractivity contribution in [3.63, 3.8) is 0 Å². The lowest BCUT2D eigenvalue weighted by Gasteiger charge is -2.06. The number of methoxy groups -OCH3 is 1. The number of carbonyl (C=O) groups is 1. The molecule has 2 aromatic carbocycles. The molecule has 0 aliphatic rings. The maximum Gasteiger partial charge on any atom is 0.325 e. The molecule has 0 fully saturated rings. The fourth-order valence-corrected chi connectivity index (χ4v) is 2.68. The number of ether oxygens (including phenoxy) is 1. The Balaban J connectivity index is 1.65. The molecule has 116 valence electrons. The molecule has 3 aromatic rings. The van der Waals surface area contributed by atoms with Gasteiger partial charge < -0.3 is 10.1 Å². The molecule has 1 heterocycles. The third-order valence-corrected chi connectivity index (χ3v) is 3.88. The van der Waals surface area contributed by atoms with E-state index in [0.29, 0.717) is 16.6 Å². The SMILES string of the molecule is COc1cccc(NC(=O)Nc2nnc(-c3ccccc3)s2)c1. The Morgan fingerprint density at radius 1 is 1.04 bits per heavy atom. The van der Waals surface area contributed by atoms with Gasteiger partial charge in [-0.05, 0) is 12.1 Å². The van der Waals surface area contributed by atoms with Gasteiger partial charge in [-0.25, -0.2) is 4.79 Å². The lowest BCUT2D eigenvalue weighted by molar-refractivity contribution is 0.262. The summed E-state index contributed by atoms with van der Waals surface area (Å²) in [7, 11) is 1.57. The third kappa shape index (κ3) is 3.83. The quantitative estimate of drug-likeness (QED) is 0.763. The molecule has 3 rings (SSSR count). The van der Waals surface area contributed by atoms with Crippen LogP contribution in [0.3, 0.4) is 0 Å². The van der Waals surface area contributed by atoms with Crippen molar-refractivity contribution in [3.8, 4) is 16.3 Å². The van der Waals surface area contributed by atoms with Gasteiger partial charge in [0.2, 0.25) is 5.13 Å². The van der Waals surface area contributed by atoms with Crippen LogP contribution in [0.15, 0.2) is 54.6 Å². The Morgan fingerprint density at radius 3 is 2.65 bits per heavy atom. The molecule has 0 unspecified atom stereocenters. The Kier molecular flexibility index (Phi) is 4.49. The lowest BCUT2D eigenvalue weighted by Crippen LogP contribution is -2.19. The Hall–Kier alpha value is -2.93. The maximum absolute atomic E-state index is 12.0. The maximum atomic E-state index is 12.0. The van der Waals surface area contributed by atoms with E-state index in [-0.39, 0.29) is 6.03 Å². The second-order valence-corrected chi connectivity index (χ2v) is 5.57. The molecule has 1 aromatic heterocycles. The van der Waals surface area contributed by atoms with Gasteiger partial charge in [-0.3, -0.25) is 5.32 Å². The number of hydrogen-bond acceptors (Lipinski definition) is 5. The molecule has 0 radical (unpaired) electrons. The fourth-order valence-electron chi connectivity index (χ4n) is 1.93. The highest BCUT2D eigenvalue weighted by Gasteiger charge is 2.09. The van der Waals surface area contributed by atoms with Crippen molar-refractivity contribution in [1.29, 1.82) is 0 Å². The standard InChI is InChI=1S/C16H14N4O2S/c1-22-13-9-5-8-12(10-13)17-15(21)18-16-20-19-14(23-16)11-6-3-2-4-7-11/h2-10H,1H3,(H2,17,18,20,21). The van der Waals surface area contributed by atoms with E-state index in [1.807, 2.05) is 30.3 Å². The second kappa shape index (κ2) is 6.89. The second-order valence-electron chi connectivity index (χ2n) is 4.59. The predicted molar refractivity (Wildman–Crippen MR) is 91.0 cm³/mol. The minimum absolute atomic E-state index is 0.381. The van der Waals surface area contributed by atoms with E-state index < -0.39 is 0 Å². The van der Waals surface area contributed by atoms with Gasteiger partial charge in [0.1, 0.15) is 10.8 Å². The molecule has 0 atom stereocenters. The van der Waals surface area contributed by atoms with E-state index in [4.69, 9.17) is 4.74 Å². The van der Waals surface area contributed by atoms with Gasteiger partial charge in [0, 0.05) is 17.3 Å². The summed E-state index contributed by atoms with van der Waals surface area (Å²) in [4.78, 5) is 12.0. The molecule has 7 heteroatoms. The summed E-state index contributed by atoms with van der Waals surface area (Å²) in [5, 5.41) is 14.6. The number of benzene rings is 2. The predicted octanol–water partition coefficient (Wildman–Crippen LogP) is 3.86. The number of nitrogens with one attached hydrogen (secondary N) is 2. The first-order chi connectivity index (χ1) is 11.2. The molecule has 0 saturated carbocycles. The molecule has 0 aliphatic heterocycles. The first kappa shape index (κ1) is 15.0. The van der Waals surface area contributed by atoms with Gasteiger partial charge >= 0.3 is 6.03 Å². The Bertz CT molecular complexity index is 805. The van der Waals surface area contributed by atoms with Crippen LogP contribution in [0.5, 0.6) is 5.75 Å². The Morgan fingerprint density at radius 2 is 1.87 bits per heavy atom. The van der Waals surface area contributed by atoms with Gasteiger partial charge in [-0.2, -0.15) is 0 Å². The van der Waals surface area contributed by atoms with Crippen LogP contribution in [0.1, 0.15) is 0 Å². The van der Waals surface area contributed by atoms with Gasteiger partial charge in [0.15, 0.2) is 0 Å². The normalized spacial score (nSPS) is 10.1. The van der Waals surface area contributed by atoms with Crippen molar-refractivity contribution < 1.29 is 9.53 Å². The van der Waals surface area contributed by atoms with Gasteiger partial charge in [0.05, 0.1) is 7.11 Å². The zero-order valence-corrected chi connectivity index (χ0v) is 13.1. The van der Waals surface area contributed by atoms with Crippen molar-refractivity contribution in [2.75, 3.05) is 17.7 Å². The zero-order chi connectivity index (χ0) is 16.1. The first-order valence-electron chi connectivity index (χ1n) is 6.85. The molecule has 0 spiro atoms. The largest absolute Gasteiger partial charge is 0.497 e. The van der Waals surface area contributed by atoms with Crippen molar-refractivity contribution in [2.45, 2.75) is 0 Å². The van der Waals surface area contributed by atoms with Crippen LogP contribution in [0.4, 0.5) is 15.6 Å². The molecule has 2 N–H and O–H groups in total. The molecule has 2 amide bonds. The molecular formula is C16H14N4O2S. The van der Waals surface area contributed by atoms with Crippen LogP contribution >= 0.6 is 11.3 Å². The summed E-state index contributed by atoms with van der Waals surface area (Å²) in [6.45, 7) is 0. The van der Waals surface area contributed by atoms with Crippen LogP contribution in [0.25, 0.3) is 10.6 Å². The van der Waals surface area contributed by atoms with E-state index in [1.165, 1.54) is 11.3 Å². The molecule has 6 nitrogen and oxygen atoms in total. The van der Waals surface area contributed by atoms with Crippen LogP contribution in [-0.4, -0.2) is 23.3 Å². The highest BCUT2D eigenvalue weighted by atomic mass is 32.1. The number of carbonyl (C=O) groups excluding carboxylic acids is 1. The monoisotopic (exact) mass is 326 g/mol. The highest BCUT2D eigenvalue weighted by molar-refractivity contribution is 7.18. The number of nitrogens with zero attached hydrogens (tertiary/aromatic N) is 2. The summed E-state index contributed by atoms with van der Waals surface area (Å²) in [5.74, 6) is 0.671. The minimum Gasteiger partial charge on any atom is -0.497 e. The molecule has 0 saturated heterocycles. The smallest absolute Gasteiger partial charge is 0.325 e. The fraction of sp³-hybridized carbons (Fsp3) is 0.0625. The van der Waals surface area contributed by atoms with E-state index >= 15 is 0 Å². The number of hydrogen-bond donors (Lipinski definition) is 2. The summed E-state index contributed by atoms with van der Waals surface area (Å²) in [6.07, 6.45) is 0. The Labute approximate surface area is 137 Å². The van der Waals surface area contributed by atoms with E-state index in [9.17, 15) is 4.79 Å². The van der Waals surface area contributed by atoms with Crippen LogP contribution in [-0.2, 0) is 0 Å². The van der Waals surface area contributed by atoms with E-state index in [1.54, 1.807) is 31.4 Å². The first-order valence-corrected chi connectivity index (χ1v) is 7.67. The number of anilines is 2. The zero-order valence-electron chi connectivity index (χ0n) is 12.3. The van der Waals surface area contributed by atoms with Crippen LogP contribution in [0, 0.1) is 0 Å². The number of rotatable bonds is 4. The van der Waals surface area contributed by atoms with Gasteiger partial charge in [0.25, 0.3) is 0 Å². The summed E-state index contributed by atoms with van der Waals surface area (Å²) in [6, 6.07) is 16.4. The summed E-state index contributed by atoms with van der Waals surface area (Å²) >= 11 is 1.31. The topological polar surface area (TPSA) is 76.1 Å². The highest BCUT2D eigenvalue weighted by Crippen LogP contribution is 2.26. The molecular weight excluding hydrogens is 312 g/mol. The van der Waals surface area contributed by atoms with Gasteiger partial charge in [-0.15, -0.1) is 10.2 Å².